The van der Waals surface area contributed by atoms with Gasteiger partial charge in [-0.1, -0.05) is 5.92 Å². The summed E-state index contributed by atoms with van der Waals surface area (Å²) in [4.78, 5) is 2.25. The Bertz CT molecular complexity index is 162. The fraction of sp³-hybridized carbons (Fsp3) is 0.800. The summed E-state index contributed by atoms with van der Waals surface area (Å²) in [5, 5.41) is 0. The Hall–Kier alpha value is -0.170. The number of rotatable bonds is 7. The number of nitrogens with zero attached hydrogens (tertiary/aromatic N) is 1. The van der Waals surface area contributed by atoms with Gasteiger partial charge >= 0.3 is 0 Å². The molecule has 0 aliphatic heterocycles. The van der Waals surface area contributed by atoms with E-state index in [0.717, 1.165) is 31.9 Å². The molecular weight excluding hydrogens is 182 g/mol. The van der Waals surface area contributed by atoms with E-state index in [2.05, 4.69) is 36.4 Å². The van der Waals surface area contributed by atoms with E-state index in [0.29, 0.717) is 6.61 Å². The molecule has 2 nitrogen and oxygen atoms in total. The van der Waals surface area contributed by atoms with Crippen LogP contribution in [0.5, 0.6) is 0 Å². The van der Waals surface area contributed by atoms with Crippen LogP contribution in [0.15, 0.2) is 0 Å². The van der Waals surface area contributed by atoms with Crippen molar-refractivity contribution in [1.82, 2.24) is 4.90 Å². The minimum Gasteiger partial charge on any atom is -0.369 e. The molecule has 0 saturated carbocycles. The first kappa shape index (κ1) is 12.8. The van der Waals surface area contributed by atoms with Gasteiger partial charge in [-0.15, -0.1) is 5.92 Å². The van der Waals surface area contributed by atoms with Crippen LogP contribution >= 0.6 is 12.6 Å². The van der Waals surface area contributed by atoms with Crippen LogP contribution in [0.4, 0.5) is 0 Å². The Morgan fingerprint density at radius 2 is 2.15 bits per heavy atom. The topological polar surface area (TPSA) is 12.5 Å². The minimum atomic E-state index is 0.562. The predicted octanol–water partition coefficient (Wildman–Crippen LogP) is 1.28. The molecule has 0 spiro atoms. The van der Waals surface area contributed by atoms with E-state index >= 15 is 0 Å². The van der Waals surface area contributed by atoms with Crippen LogP contribution in [-0.2, 0) is 4.74 Å². The van der Waals surface area contributed by atoms with Crippen LogP contribution in [0.3, 0.4) is 0 Å². The predicted molar refractivity (Wildman–Crippen MR) is 60.2 cm³/mol. The minimum absolute atomic E-state index is 0.562. The SMILES string of the molecule is CC#CCOCCCN(C)CCS. The molecule has 76 valence electrons. The standard InChI is InChI=1S/C10H19NOS/c1-3-4-8-12-9-5-6-11(2)7-10-13/h13H,5-10H2,1-2H3. The lowest BCUT2D eigenvalue weighted by atomic mass is 10.4. The van der Waals surface area contributed by atoms with Crippen LogP contribution in [-0.4, -0.2) is 44.0 Å². The lowest BCUT2D eigenvalue weighted by Gasteiger charge is -2.14. The van der Waals surface area contributed by atoms with Crippen molar-refractivity contribution < 1.29 is 4.74 Å². The second-order valence-electron chi connectivity index (χ2n) is 2.86. The summed E-state index contributed by atoms with van der Waals surface area (Å²) >= 11 is 4.16. The molecule has 0 fully saturated rings. The first-order valence-electron chi connectivity index (χ1n) is 4.58. The molecule has 0 bridgehead atoms. The zero-order valence-corrected chi connectivity index (χ0v) is 9.44. The van der Waals surface area contributed by atoms with Crippen LogP contribution in [0.25, 0.3) is 0 Å². The number of hydrogen-bond donors (Lipinski definition) is 1. The molecule has 0 heterocycles. The quantitative estimate of drug-likeness (QED) is 0.378. The molecule has 13 heavy (non-hydrogen) atoms. The molecular formula is C10H19NOS. The van der Waals surface area contributed by atoms with E-state index in [1.165, 1.54) is 0 Å². The van der Waals surface area contributed by atoms with Gasteiger partial charge in [0, 0.05) is 25.4 Å². The molecule has 0 amide bonds. The average molecular weight is 201 g/mol. The average Bonchev–Trinajstić information content (AvgIpc) is 2.11. The Kier molecular flexibility index (Phi) is 9.78. The van der Waals surface area contributed by atoms with E-state index in [1.807, 2.05) is 6.92 Å². The number of hydrogen-bond acceptors (Lipinski definition) is 3. The van der Waals surface area contributed by atoms with Gasteiger partial charge in [-0.05, 0) is 20.4 Å². The molecule has 3 heteroatoms. The maximum atomic E-state index is 5.28. The van der Waals surface area contributed by atoms with Gasteiger partial charge in [0.2, 0.25) is 0 Å². The van der Waals surface area contributed by atoms with Gasteiger partial charge in [-0.2, -0.15) is 12.6 Å². The van der Waals surface area contributed by atoms with Crippen LogP contribution in [0.2, 0.25) is 0 Å². The van der Waals surface area contributed by atoms with E-state index in [9.17, 15) is 0 Å². The second kappa shape index (κ2) is 9.91. The van der Waals surface area contributed by atoms with Crippen molar-refractivity contribution >= 4 is 12.6 Å². The largest absolute Gasteiger partial charge is 0.369 e. The first-order chi connectivity index (χ1) is 6.31. The van der Waals surface area contributed by atoms with E-state index in [4.69, 9.17) is 4.74 Å². The summed E-state index contributed by atoms with van der Waals surface area (Å²) in [6.07, 6.45) is 1.07. The lowest BCUT2D eigenvalue weighted by molar-refractivity contribution is 0.154. The van der Waals surface area contributed by atoms with Crippen molar-refractivity contribution in [3.8, 4) is 11.8 Å². The third kappa shape index (κ3) is 9.75. The molecule has 0 aliphatic carbocycles. The monoisotopic (exact) mass is 201 g/mol. The van der Waals surface area contributed by atoms with Crippen molar-refractivity contribution in [2.75, 3.05) is 39.1 Å². The van der Waals surface area contributed by atoms with Crippen LogP contribution in [0.1, 0.15) is 13.3 Å². The molecule has 0 aliphatic rings. The highest BCUT2D eigenvalue weighted by Crippen LogP contribution is 1.89. The summed E-state index contributed by atoms with van der Waals surface area (Å²) in [7, 11) is 2.10. The lowest BCUT2D eigenvalue weighted by Crippen LogP contribution is -2.22. The Morgan fingerprint density at radius 3 is 2.77 bits per heavy atom. The normalized spacial score (nSPS) is 9.85. The zero-order chi connectivity index (χ0) is 9.94. The summed E-state index contributed by atoms with van der Waals surface area (Å²) in [6, 6.07) is 0. The van der Waals surface area contributed by atoms with E-state index in [-0.39, 0.29) is 0 Å². The van der Waals surface area contributed by atoms with Crippen molar-refractivity contribution in [2.45, 2.75) is 13.3 Å². The summed E-state index contributed by atoms with van der Waals surface area (Å²) in [6.45, 7) is 5.29. The van der Waals surface area contributed by atoms with Crippen molar-refractivity contribution in [2.24, 2.45) is 0 Å². The summed E-state index contributed by atoms with van der Waals surface area (Å²) in [5.41, 5.74) is 0. The smallest absolute Gasteiger partial charge is 0.107 e. The van der Waals surface area contributed by atoms with Gasteiger partial charge in [-0.3, -0.25) is 0 Å². The van der Waals surface area contributed by atoms with Crippen LogP contribution in [0, 0.1) is 11.8 Å². The Balaban J connectivity index is 3.09. The highest BCUT2D eigenvalue weighted by Gasteiger charge is 1.95. The number of ether oxygens (including phenoxy) is 1. The van der Waals surface area contributed by atoms with Crippen molar-refractivity contribution in [3.63, 3.8) is 0 Å². The van der Waals surface area contributed by atoms with Gasteiger partial charge in [0.15, 0.2) is 0 Å². The molecule has 0 aromatic rings. The molecule has 0 unspecified atom stereocenters. The highest BCUT2D eigenvalue weighted by atomic mass is 32.1. The van der Waals surface area contributed by atoms with Gasteiger partial charge in [-0.25, -0.2) is 0 Å². The maximum Gasteiger partial charge on any atom is 0.107 e. The molecule has 0 aromatic heterocycles. The summed E-state index contributed by atoms with van der Waals surface area (Å²) < 4.78 is 5.28. The number of thiol groups is 1. The Morgan fingerprint density at radius 1 is 1.38 bits per heavy atom. The molecule has 0 aromatic carbocycles. The fourth-order valence-corrected chi connectivity index (χ4v) is 1.26. The second-order valence-corrected chi connectivity index (χ2v) is 3.31. The van der Waals surface area contributed by atoms with Gasteiger partial charge < -0.3 is 9.64 Å². The molecule has 0 radical (unpaired) electrons. The molecule has 0 saturated heterocycles. The van der Waals surface area contributed by atoms with E-state index < -0.39 is 0 Å². The summed E-state index contributed by atoms with van der Waals surface area (Å²) in [5.74, 6) is 6.57. The molecule has 0 atom stereocenters. The first-order valence-corrected chi connectivity index (χ1v) is 5.21. The van der Waals surface area contributed by atoms with E-state index in [1.54, 1.807) is 0 Å². The molecule has 0 rings (SSSR count). The maximum absolute atomic E-state index is 5.28. The Labute approximate surface area is 87.1 Å². The third-order valence-corrected chi connectivity index (χ3v) is 1.86. The third-order valence-electron chi connectivity index (χ3n) is 1.66. The highest BCUT2D eigenvalue weighted by molar-refractivity contribution is 7.80. The zero-order valence-electron chi connectivity index (χ0n) is 8.55. The van der Waals surface area contributed by atoms with Crippen molar-refractivity contribution in [3.05, 3.63) is 0 Å². The van der Waals surface area contributed by atoms with Gasteiger partial charge in [0.05, 0.1) is 0 Å². The van der Waals surface area contributed by atoms with Gasteiger partial charge in [0.1, 0.15) is 6.61 Å². The fourth-order valence-electron chi connectivity index (χ4n) is 0.914. The van der Waals surface area contributed by atoms with Crippen LogP contribution < -0.4 is 0 Å². The van der Waals surface area contributed by atoms with Crippen molar-refractivity contribution in [1.29, 1.82) is 0 Å². The van der Waals surface area contributed by atoms with Gasteiger partial charge in [0.25, 0.3) is 0 Å². The molecule has 0 N–H and O–H groups in total.